The topological polar surface area (TPSA) is 76.3 Å². The van der Waals surface area contributed by atoms with Crippen LogP contribution in [0.3, 0.4) is 0 Å². The Labute approximate surface area is 185 Å². The first-order valence-corrected chi connectivity index (χ1v) is 10.7. The van der Waals surface area contributed by atoms with Gasteiger partial charge in [0.15, 0.2) is 0 Å². The van der Waals surface area contributed by atoms with Crippen molar-refractivity contribution < 1.29 is 4.79 Å². The normalized spacial score (nSPS) is 14.2. The lowest BCUT2D eigenvalue weighted by molar-refractivity contribution is -0.131. The van der Waals surface area contributed by atoms with E-state index in [-0.39, 0.29) is 11.5 Å². The van der Waals surface area contributed by atoms with Crippen LogP contribution in [-0.4, -0.2) is 56.5 Å². The number of amides is 1. The minimum absolute atomic E-state index is 0.129. The highest BCUT2D eigenvalue weighted by Crippen LogP contribution is 2.16. The summed E-state index contributed by atoms with van der Waals surface area (Å²) >= 11 is 6.06. The van der Waals surface area contributed by atoms with Crippen LogP contribution in [-0.2, 0) is 11.3 Å². The minimum atomic E-state index is -0.219. The molecule has 162 valence electrons. The van der Waals surface area contributed by atoms with Gasteiger partial charge in [-0.3, -0.25) is 14.3 Å². The summed E-state index contributed by atoms with van der Waals surface area (Å²) < 4.78 is 3.24. The molecule has 1 amide bonds. The molecule has 4 rings (SSSR count). The summed E-state index contributed by atoms with van der Waals surface area (Å²) in [7, 11) is 0. The summed E-state index contributed by atoms with van der Waals surface area (Å²) in [4.78, 5) is 28.9. The molecule has 0 saturated carbocycles. The molecule has 1 aliphatic rings. The zero-order valence-corrected chi connectivity index (χ0v) is 18.4. The Balaban J connectivity index is 1.38. The molecule has 0 aliphatic carbocycles. The van der Waals surface area contributed by atoms with Crippen LogP contribution in [0.1, 0.15) is 17.8 Å². The SMILES string of the molecule is Cc1cc(C)n(CCC(=O)N2CCN(c3ccc(=O)n(-c4cccc(Cl)c4)n3)CC2)n1. The molecule has 0 unspecified atom stereocenters. The molecule has 0 atom stereocenters. The van der Waals surface area contributed by atoms with E-state index in [9.17, 15) is 9.59 Å². The van der Waals surface area contributed by atoms with Crippen LogP contribution in [0.5, 0.6) is 0 Å². The van der Waals surface area contributed by atoms with Crippen LogP contribution in [0.25, 0.3) is 5.69 Å². The number of halogens is 1. The van der Waals surface area contributed by atoms with Crippen LogP contribution < -0.4 is 10.5 Å². The molecule has 31 heavy (non-hydrogen) atoms. The van der Waals surface area contributed by atoms with E-state index in [1.807, 2.05) is 29.5 Å². The highest BCUT2D eigenvalue weighted by Gasteiger charge is 2.22. The van der Waals surface area contributed by atoms with Gasteiger partial charge in [-0.25, -0.2) is 0 Å². The van der Waals surface area contributed by atoms with Crippen molar-refractivity contribution in [3.63, 3.8) is 0 Å². The predicted molar refractivity (Wildman–Crippen MR) is 120 cm³/mol. The number of aromatic nitrogens is 4. The second kappa shape index (κ2) is 8.93. The molecule has 8 nitrogen and oxygen atoms in total. The first kappa shape index (κ1) is 21.1. The van der Waals surface area contributed by atoms with Crippen molar-refractivity contribution in [2.75, 3.05) is 31.1 Å². The molecule has 1 aliphatic heterocycles. The molecule has 1 fully saturated rings. The lowest BCUT2D eigenvalue weighted by atomic mass is 10.2. The summed E-state index contributed by atoms with van der Waals surface area (Å²) in [6.07, 6.45) is 0.430. The Hall–Kier alpha value is -3.13. The molecule has 1 aromatic carbocycles. The number of rotatable bonds is 5. The molecule has 0 N–H and O–H groups in total. The van der Waals surface area contributed by atoms with E-state index in [1.54, 1.807) is 30.3 Å². The van der Waals surface area contributed by atoms with Gasteiger partial charge in [0.2, 0.25) is 5.91 Å². The number of hydrogen-bond donors (Lipinski definition) is 0. The lowest BCUT2D eigenvalue weighted by Crippen LogP contribution is -2.49. The Morgan fingerprint density at radius 1 is 1.03 bits per heavy atom. The molecular weight excluding hydrogens is 416 g/mol. The zero-order valence-electron chi connectivity index (χ0n) is 17.7. The van der Waals surface area contributed by atoms with E-state index in [4.69, 9.17) is 11.6 Å². The summed E-state index contributed by atoms with van der Waals surface area (Å²) in [6.45, 7) is 7.10. The minimum Gasteiger partial charge on any atom is -0.352 e. The highest BCUT2D eigenvalue weighted by molar-refractivity contribution is 6.30. The Bertz CT molecular complexity index is 1150. The van der Waals surface area contributed by atoms with Crippen LogP contribution in [0, 0.1) is 13.8 Å². The van der Waals surface area contributed by atoms with Gasteiger partial charge in [-0.2, -0.15) is 9.78 Å². The van der Waals surface area contributed by atoms with Gasteiger partial charge in [-0.15, -0.1) is 5.10 Å². The number of carbonyl (C=O) groups is 1. The zero-order chi connectivity index (χ0) is 22.0. The molecule has 1 saturated heterocycles. The molecular formula is C22H25ClN6O2. The number of carbonyl (C=O) groups excluding carboxylic acids is 1. The molecule has 9 heteroatoms. The van der Waals surface area contributed by atoms with Gasteiger partial charge in [0.25, 0.3) is 5.56 Å². The van der Waals surface area contributed by atoms with Crippen molar-refractivity contribution in [2.45, 2.75) is 26.8 Å². The van der Waals surface area contributed by atoms with Gasteiger partial charge in [0.05, 0.1) is 11.4 Å². The van der Waals surface area contributed by atoms with E-state index in [1.165, 1.54) is 10.7 Å². The van der Waals surface area contributed by atoms with Gasteiger partial charge in [-0.05, 0) is 44.2 Å². The van der Waals surface area contributed by atoms with E-state index in [2.05, 4.69) is 15.1 Å². The number of piperazine rings is 1. The van der Waals surface area contributed by atoms with Gasteiger partial charge >= 0.3 is 0 Å². The standard InChI is InChI=1S/C22H25ClN6O2/c1-16-14-17(2)28(24-16)9-8-21(30)27-12-10-26(11-13-27)20-6-7-22(31)29(25-20)19-5-3-4-18(23)15-19/h3-7,14-15H,8-13H2,1-2H3. The van der Waals surface area contributed by atoms with Crippen LogP contribution in [0.4, 0.5) is 5.82 Å². The van der Waals surface area contributed by atoms with Gasteiger partial charge in [0.1, 0.15) is 5.82 Å². The quantitative estimate of drug-likeness (QED) is 0.609. The maximum atomic E-state index is 12.6. The summed E-state index contributed by atoms with van der Waals surface area (Å²) in [6, 6.07) is 12.3. The number of hydrogen-bond acceptors (Lipinski definition) is 5. The van der Waals surface area contributed by atoms with Crippen molar-refractivity contribution in [1.82, 2.24) is 24.5 Å². The average Bonchev–Trinajstić information content (AvgIpc) is 3.09. The second-order valence-corrected chi connectivity index (χ2v) is 8.13. The molecule has 0 bridgehead atoms. The van der Waals surface area contributed by atoms with E-state index in [0.717, 1.165) is 11.4 Å². The van der Waals surface area contributed by atoms with Gasteiger partial charge in [0, 0.05) is 55.9 Å². The second-order valence-electron chi connectivity index (χ2n) is 7.69. The van der Waals surface area contributed by atoms with Gasteiger partial charge < -0.3 is 9.80 Å². The Kier molecular flexibility index (Phi) is 6.08. The molecule has 0 spiro atoms. The molecule has 3 heterocycles. The van der Waals surface area contributed by atoms with Crippen molar-refractivity contribution in [3.05, 3.63) is 69.2 Å². The Morgan fingerprint density at radius 2 is 1.81 bits per heavy atom. The predicted octanol–water partition coefficient (Wildman–Crippen LogP) is 2.44. The van der Waals surface area contributed by atoms with Crippen molar-refractivity contribution in [2.24, 2.45) is 0 Å². The maximum absolute atomic E-state index is 12.6. The molecule has 0 radical (unpaired) electrons. The summed E-state index contributed by atoms with van der Waals surface area (Å²) in [5, 5.41) is 9.49. The smallest absolute Gasteiger partial charge is 0.271 e. The third kappa shape index (κ3) is 4.80. The fraction of sp³-hybridized carbons (Fsp3) is 0.364. The summed E-state index contributed by atoms with van der Waals surface area (Å²) in [5.41, 5.74) is 2.43. The maximum Gasteiger partial charge on any atom is 0.271 e. The monoisotopic (exact) mass is 440 g/mol. The van der Waals surface area contributed by atoms with Gasteiger partial charge in [-0.1, -0.05) is 17.7 Å². The number of anilines is 1. The van der Waals surface area contributed by atoms with Crippen molar-refractivity contribution in [1.29, 1.82) is 0 Å². The third-order valence-electron chi connectivity index (χ3n) is 5.44. The average molecular weight is 441 g/mol. The number of aryl methyl sites for hydroxylation is 3. The number of benzene rings is 1. The first-order valence-electron chi connectivity index (χ1n) is 10.3. The highest BCUT2D eigenvalue weighted by atomic mass is 35.5. The lowest BCUT2D eigenvalue weighted by Gasteiger charge is -2.35. The van der Waals surface area contributed by atoms with Crippen LogP contribution in [0.15, 0.2) is 47.3 Å². The Morgan fingerprint density at radius 3 is 2.48 bits per heavy atom. The molecule has 3 aromatic rings. The van der Waals surface area contributed by atoms with Crippen molar-refractivity contribution >= 4 is 23.3 Å². The first-order chi connectivity index (χ1) is 14.9. The largest absolute Gasteiger partial charge is 0.352 e. The third-order valence-corrected chi connectivity index (χ3v) is 5.67. The fourth-order valence-electron chi connectivity index (χ4n) is 3.81. The summed E-state index contributed by atoms with van der Waals surface area (Å²) in [5.74, 6) is 0.832. The van der Waals surface area contributed by atoms with E-state index >= 15 is 0 Å². The molecule has 2 aromatic heterocycles. The fourth-order valence-corrected chi connectivity index (χ4v) is 3.99. The van der Waals surface area contributed by atoms with E-state index < -0.39 is 0 Å². The van der Waals surface area contributed by atoms with Crippen LogP contribution in [0.2, 0.25) is 5.02 Å². The van der Waals surface area contributed by atoms with E-state index in [0.29, 0.717) is 55.7 Å². The number of nitrogens with zero attached hydrogens (tertiary/aromatic N) is 6. The van der Waals surface area contributed by atoms with Crippen LogP contribution >= 0.6 is 11.6 Å². The van der Waals surface area contributed by atoms with Crippen molar-refractivity contribution in [3.8, 4) is 5.69 Å².